The van der Waals surface area contributed by atoms with Gasteiger partial charge >= 0.3 is 0 Å². The van der Waals surface area contributed by atoms with Crippen molar-refractivity contribution in [1.82, 2.24) is 0 Å². The smallest absolute Gasteiger partial charge is 0.203 e. The van der Waals surface area contributed by atoms with Gasteiger partial charge in [0.1, 0.15) is 17.7 Å². The summed E-state index contributed by atoms with van der Waals surface area (Å²) >= 11 is 0. The summed E-state index contributed by atoms with van der Waals surface area (Å²) in [6, 6.07) is 3.58. The molecule has 0 amide bonds. The van der Waals surface area contributed by atoms with Gasteiger partial charge in [-0.1, -0.05) is 0 Å². The Morgan fingerprint density at radius 2 is 2.14 bits per heavy atom. The lowest BCUT2D eigenvalue weighted by atomic mass is 10.2. The monoisotopic (exact) mass is 192 g/mol. The van der Waals surface area contributed by atoms with E-state index in [1.807, 2.05) is 0 Å². The van der Waals surface area contributed by atoms with Crippen LogP contribution >= 0.6 is 0 Å². The van der Waals surface area contributed by atoms with Crippen molar-refractivity contribution in [1.29, 1.82) is 0 Å². The van der Waals surface area contributed by atoms with E-state index in [1.54, 1.807) is 0 Å². The zero-order chi connectivity index (χ0) is 10.1. The van der Waals surface area contributed by atoms with Gasteiger partial charge in [0.15, 0.2) is 6.29 Å². The molecule has 0 aliphatic carbocycles. The van der Waals surface area contributed by atoms with Crippen molar-refractivity contribution >= 4 is 17.3 Å². The van der Waals surface area contributed by atoms with Crippen molar-refractivity contribution in [3.05, 3.63) is 46.1 Å². The first kappa shape index (κ1) is 8.62. The molecule has 0 aliphatic rings. The molecule has 0 spiro atoms. The molecule has 2 aromatic rings. The Morgan fingerprint density at radius 1 is 1.36 bits per heavy atom. The average Bonchev–Trinajstić information content (AvgIpc) is 2.20. The Labute approximate surface area is 77.8 Å². The van der Waals surface area contributed by atoms with Crippen LogP contribution in [0.15, 0.2) is 33.7 Å². The Balaban J connectivity index is 2.93. The number of hydrogen-bond acceptors (Lipinski definition) is 3. The van der Waals surface area contributed by atoms with Crippen LogP contribution in [0.3, 0.4) is 0 Å². The summed E-state index contributed by atoms with van der Waals surface area (Å²) in [7, 11) is 0. The minimum Gasteiger partial charge on any atom is -0.463 e. The quantitative estimate of drug-likeness (QED) is 0.646. The predicted octanol–water partition coefficient (Wildman–Crippen LogP) is 1.74. The van der Waals surface area contributed by atoms with Crippen molar-refractivity contribution in [2.75, 3.05) is 0 Å². The summed E-state index contributed by atoms with van der Waals surface area (Å²) in [4.78, 5) is 21.9. The van der Waals surface area contributed by atoms with Gasteiger partial charge in [0.05, 0.1) is 10.9 Å². The second-order valence-electron chi connectivity index (χ2n) is 2.78. The predicted molar refractivity (Wildman–Crippen MR) is 47.8 cm³/mol. The minimum atomic E-state index is -0.534. The molecule has 1 aromatic heterocycles. The molecular weight excluding hydrogens is 187 g/mol. The Hall–Kier alpha value is -1.97. The highest BCUT2D eigenvalue weighted by Gasteiger charge is 2.06. The summed E-state index contributed by atoms with van der Waals surface area (Å²) in [5.74, 6) is -0.534. The highest BCUT2D eigenvalue weighted by Crippen LogP contribution is 2.11. The fourth-order valence-corrected chi connectivity index (χ4v) is 1.20. The van der Waals surface area contributed by atoms with E-state index < -0.39 is 11.2 Å². The third kappa shape index (κ3) is 1.21. The van der Waals surface area contributed by atoms with Crippen LogP contribution in [0.1, 0.15) is 10.4 Å². The fraction of sp³-hybridized carbons (Fsp3) is 0. The summed E-state index contributed by atoms with van der Waals surface area (Å²) in [5, 5.41) is 0.0783. The molecule has 3 nitrogen and oxygen atoms in total. The van der Waals surface area contributed by atoms with Crippen molar-refractivity contribution in [2.24, 2.45) is 0 Å². The van der Waals surface area contributed by atoms with E-state index in [4.69, 9.17) is 4.42 Å². The molecule has 0 radical (unpaired) electrons. The van der Waals surface area contributed by atoms with Crippen LogP contribution in [0, 0.1) is 5.82 Å². The van der Waals surface area contributed by atoms with E-state index in [1.165, 1.54) is 12.1 Å². The van der Waals surface area contributed by atoms with Crippen LogP contribution in [0.5, 0.6) is 0 Å². The van der Waals surface area contributed by atoms with E-state index in [-0.39, 0.29) is 16.5 Å². The number of carbonyl (C=O) groups excluding carboxylic acids is 1. The molecule has 1 heterocycles. The lowest BCUT2D eigenvalue weighted by Gasteiger charge is -1.96. The van der Waals surface area contributed by atoms with Crippen LogP contribution in [0.2, 0.25) is 0 Å². The van der Waals surface area contributed by atoms with Gasteiger partial charge in [-0.15, -0.1) is 0 Å². The van der Waals surface area contributed by atoms with Gasteiger partial charge in [0, 0.05) is 0 Å². The van der Waals surface area contributed by atoms with Gasteiger partial charge in [-0.3, -0.25) is 9.59 Å². The van der Waals surface area contributed by atoms with Crippen LogP contribution in [-0.4, -0.2) is 6.29 Å². The molecule has 4 heteroatoms. The number of rotatable bonds is 1. The topological polar surface area (TPSA) is 47.3 Å². The third-order valence-corrected chi connectivity index (χ3v) is 1.89. The van der Waals surface area contributed by atoms with Crippen LogP contribution in [0.4, 0.5) is 4.39 Å². The zero-order valence-electron chi connectivity index (χ0n) is 6.99. The van der Waals surface area contributed by atoms with Gasteiger partial charge in [-0.25, -0.2) is 4.39 Å². The third-order valence-electron chi connectivity index (χ3n) is 1.89. The lowest BCUT2D eigenvalue weighted by molar-refractivity contribution is 0.112. The summed E-state index contributed by atoms with van der Waals surface area (Å²) < 4.78 is 17.8. The van der Waals surface area contributed by atoms with E-state index in [9.17, 15) is 14.0 Å². The SMILES string of the molecule is O=Cc1coc2ccc(F)cc2c1=O. The summed E-state index contributed by atoms with van der Waals surface area (Å²) in [5.41, 5.74) is -0.356. The number of aldehydes is 1. The van der Waals surface area contributed by atoms with E-state index in [0.29, 0.717) is 6.29 Å². The molecular formula is C10H5FO3. The lowest BCUT2D eigenvalue weighted by Crippen LogP contribution is -2.07. The maximum Gasteiger partial charge on any atom is 0.203 e. The first-order valence-electron chi connectivity index (χ1n) is 3.88. The van der Waals surface area contributed by atoms with Crippen LogP contribution in [-0.2, 0) is 0 Å². The van der Waals surface area contributed by atoms with Crippen molar-refractivity contribution in [3.63, 3.8) is 0 Å². The maximum atomic E-state index is 12.8. The molecule has 0 atom stereocenters. The first-order valence-corrected chi connectivity index (χ1v) is 3.88. The maximum absolute atomic E-state index is 12.8. The van der Waals surface area contributed by atoms with E-state index in [2.05, 4.69) is 0 Å². The van der Waals surface area contributed by atoms with Gasteiger partial charge in [-0.05, 0) is 18.2 Å². The average molecular weight is 192 g/mol. The first-order chi connectivity index (χ1) is 6.72. The molecule has 70 valence electrons. The van der Waals surface area contributed by atoms with Crippen LogP contribution < -0.4 is 5.43 Å². The molecule has 0 saturated carbocycles. The summed E-state index contributed by atoms with van der Waals surface area (Å²) in [6.45, 7) is 0. The fourth-order valence-electron chi connectivity index (χ4n) is 1.20. The molecule has 0 fully saturated rings. The molecule has 0 bridgehead atoms. The van der Waals surface area contributed by atoms with E-state index in [0.717, 1.165) is 12.3 Å². The van der Waals surface area contributed by atoms with Gasteiger partial charge in [-0.2, -0.15) is 0 Å². The molecule has 0 unspecified atom stereocenters. The Bertz CT molecular complexity index is 557. The van der Waals surface area contributed by atoms with Crippen LogP contribution in [0.25, 0.3) is 11.0 Å². The molecule has 1 aromatic carbocycles. The Kier molecular flexibility index (Phi) is 1.89. The highest BCUT2D eigenvalue weighted by molar-refractivity contribution is 5.83. The van der Waals surface area contributed by atoms with E-state index >= 15 is 0 Å². The highest BCUT2D eigenvalue weighted by atomic mass is 19.1. The Morgan fingerprint density at radius 3 is 2.86 bits per heavy atom. The van der Waals surface area contributed by atoms with Gasteiger partial charge < -0.3 is 4.42 Å². The molecule has 0 N–H and O–H groups in total. The van der Waals surface area contributed by atoms with Gasteiger partial charge in [0.2, 0.25) is 5.43 Å². The van der Waals surface area contributed by atoms with Gasteiger partial charge in [0.25, 0.3) is 0 Å². The van der Waals surface area contributed by atoms with Crippen molar-refractivity contribution in [3.8, 4) is 0 Å². The number of carbonyl (C=O) groups is 1. The van der Waals surface area contributed by atoms with Crippen molar-refractivity contribution in [2.45, 2.75) is 0 Å². The minimum absolute atomic E-state index is 0.0783. The number of hydrogen-bond donors (Lipinski definition) is 0. The molecule has 2 rings (SSSR count). The molecule has 0 saturated heterocycles. The number of benzene rings is 1. The molecule has 0 aliphatic heterocycles. The second kappa shape index (κ2) is 3.06. The largest absolute Gasteiger partial charge is 0.463 e. The number of fused-ring (bicyclic) bond motifs is 1. The zero-order valence-corrected chi connectivity index (χ0v) is 6.99. The standard InChI is InChI=1S/C10H5FO3/c11-7-1-2-9-8(3-7)10(13)6(4-12)5-14-9/h1-5H. The normalized spacial score (nSPS) is 10.4. The van der Waals surface area contributed by atoms with Crippen molar-refractivity contribution < 1.29 is 13.6 Å². The second-order valence-corrected chi connectivity index (χ2v) is 2.78. The number of halogens is 1. The summed E-state index contributed by atoms with van der Waals surface area (Å²) in [6.07, 6.45) is 1.45. The molecule has 14 heavy (non-hydrogen) atoms.